The lowest BCUT2D eigenvalue weighted by Crippen LogP contribution is -2.31. The summed E-state index contributed by atoms with van der Waals surface area (Å²) in [5, 5.41) is 0. The molecule has 0 fully saturated rings. The van der Waals surface area contributed by atoms with E-state index in [1.165, 1.54) is 12.1 Å². The van der Waals surface area contributed by atoms with Crippen molar-refractivity contribution in [2.75, 3.05) is 13.6 Å². The first-order chi connectivity index (χ1) is 9.20. The Morgan fingerprint density at radius 3 is 2.45 bits per heavy atom. The first-order valence-electron chi connectivity index (χ1n) is 6.80. The zero-order valence-corrected chi connectivity index (χ0v) is 12.2. The summed E-state index contributed by atoms with van der Waals surface area (Å²) in [6.45, 7) is 5.40. The Kier molecular flexibility index (Phi) is 6.02. The van der Waals surface area contributed by atoms with Crippen LogP contribution in [0, 0.1) is 5.92 Å². The van der Waals surface area contributed by atoms with Crippen molar-refractivity contribution in [3.05, 3.63) is 35.4 Å². The number of hydrogen-bond donors (Lipinski definition) is 1. The fourth-order valence-electron chi connectivity index (χ4n) is 1.94. The Morgan fingerprint density at radius 1 is 1.25 bits per heavy atom. The van der Waals surface area contributed by atoms with Crippen molar-refractivity contribution in [1.82, 2.24) is 4.90 Å². The molecule has 0 bridgehead atoms. The highest BCUT2D eigenvalue weighted by Gasteiger charge is 2.30. The third-order valence-electron chi connectivity index (χ3n) is 3.41. The molecule has 0 saturated carbocycles. The predicted molar refractivity (Wildman–Crippen MR) is 75.2 cm³/mol. The molecule has 114 valence electrons. The highest BCUT2D eigenvalue weighted by atomic mass is 19.4. The number of alkyl halides is 3. The molecule has 0 aliphatic heterocycles. The molecule has 1 unspecified atom stereocenters. The summed E-state index contributed by atoms with van der Waals surface area (Å²) in [5.41, 5.74) is 6.04. The number of nitrogens with two attached hydrogens (primary N) is 1. The van der Waals surface area contributed by atoms with Crippen LogP contribution in [0.25, 0.3) is 0 Å². The minimum absolute atomic E-state index is 0.124. The minimum atomic E-state index is -4.28. The predicted octanol–water partition coefficient (Wildman–Crippen LogP) is 3.51. The number of benzene rings is 1. The van der Waals surface area contributed by atoms with Gasteiger partial charge in [0.25, 0.3) is 0 Å². The largest absolute Gasteiger partial charge is 0.416 e. The van der Waals surface area contributed by atoms with Crippen molar-refractivity contribution in [1.29, 1.82) is 0 Å². The van der Waals surface area contributed by atoms with Crippen molar-refractivity contribution in [2.45, 2.75) is 39.0 Å². The van der Waals surface area contributed by atoms with Gasteiger partial charge in [-0.2, -0.15) is 13.2 Å². The van der Waals surface area contributed by atoms with Crippen molar-refractivity contribution in [3.8, 4) is 0 Å². The first-order valence-corrected chi connectivity index (χ1v) is 6.80. The molecule has 0 amide bonds. The average molecular weight is 288 g/mol. The number of nitrogens with zero attached hydrogens (tertiary/aromatic N) is 1. The molecule has 0 aliphatic rings. The maximum absolute atomic E-state index is 12.6. The zero-order valence-electron chi connectivity index (χ0n) is 12.2. The second-order valence-corrected chi connectivity index (χ2v) is 5.63. The number of halogens is 3. The van der Waals surface area contributed by atoms with Crippen LogP contribution in [0.5, 0.6) is 0 Å². The molecule has 1 aromatic carbocycles. The second kappa shape index (κ2) is 7.09. The summed E-state index contributed by atoms with van der Waals surface area (Å²) in [6.07, 6.45) is -3.44. The second-order valence-electron chi connectivity index (χ2n) is 5.63. The number of rotatable bonds is 6. The van der Waals surface area contributed by atoms with Gasteiger partial charge in [0, 0.05) is 12.6 Å². The minimum Gasteiger partial charge on any atom is -0.327 e. The van der Waals surface area contributed by atoms with Crippen LogP contribution in [-0.2, 0) is 12.7 Å². The van der Waals surface area contributed by atoms with Gasteiger partial charge in [-0.05, 0) is 37.6 Å². The van der Waals surface area contributed by atoms with Gasteiger partial charge in [-0.1, -0.05) is 32.0 Å². The Morgan fingerprint density at radius 2 is 1.90 bits per heavy atom. The van der Waals surface area contributed by atoms with Crippen LogP contribution >= 0.6 is 0 Å². The SMILES string of the molecule is CC(C)C(N)CCN(C)Cc1cccc(C(F)(F)F)c1. The summed E-state index contributed by atoms with van der Waals surface area (Å²) < 4.78 is 37.9. The van der Waals surface area contributed by atoms with E-state index < -0.39 is 11.7 Å². The van der Waals surface area contributed by atoms with Crippen molar-refractivity contribution in [2.24, 2.45) is 11.7 Å². The van der Waals surface area contributed by atoms with Crippen LogP contribution < -0.4 is 5.73 Å². The van der Waals surface area contributed by atoms with E-state index >= 15 is 0 Å². The molecule has 1 atom stereocenters. The van der Waals surface area contributed by atoms with Gasteiger partial charge >= 0.3 is 6.18 Å². The molecule has 20 heavy (non-hydrogen) atoms. The molecule has 1 rings (SSSR count). The molecule has 2 N–H and O–H groups in total. The van der Waals surface area contributed by atoms with Crippen LogP contribution in [0.15, 0.2) is 24.3 Å². The molecular formula is C15H23F3N2. The summed E-state index contributed by atoms with van der Waals surface area (Å²) >= 11 is 0. The molecule has 1 aromatic rings. The highest BCUT2D eigenvalue weighted by Crippen LogP contribution is 2.29. The normalized spacial score (nSPS) is 14.1. The van der Waals surface area contributed by atoms with E-state index in [2.05, 4.69) is 13.8 Å². The van der Waals surface area contributed by atoms with E-state index in [9.17, 15) is 13.2 Å². The standard InChI is InChI=1S/C15H23F3N2/c1-11(2)14(19)7-8-20(3)10-12-5-4-6-13(9-12)15(16,17)18/h4-6,9,11,14H,7-8,10,19H2,1-3H3. The smallest absolute Gasteiger partial charge is 0.327 e. The summed E-state index contributed by atoms with van der Waals surface area (Å²) in [4.78, 5) is 2.00. The molecule has 0 aromatic heterocycles. The van der Waals surface area contributed by atoms with Crippen molar-refractivity contribution in [3.63, 3.8) is 0 Å². The van der Waals surface area contributed by atoms with Gasteiger partial charge in [-0.3, -0.25) is 0 Å². The van der Waals surface area contributed by atoms with Crippen molar-refractivity contribution >= 4 is 0 Å². The Balaban J connectivity index is 2.56. The van der Waals surface area contributed by atoms with E-state index in [1.807, 2.05) is 11.9 Å². The topological polar surface area (TPSA) is 29.3 Å². The maximum atomic E-state index is 12.6. The van der Waals surface area contributed by atoms with Gasteiger partial charge in [0.2, 0.25) is 0 Å². The summed E-state index contributed by atoms with van der Waals surface area (Å²) in [5.74, 6) is 0.414. The molecule has 2 nitrogen and oxygen atoms in total. The molecule has 0 saturated heterocycles. The van der Waals surface area contributed by atoms with Gasteiger partial charge in [-0.25, -0.2) is 0 Å². The van der Waals surface area contributed by atoms with Gasteiger partial charge < -0.3 is 10.6 Å². The highest BCUT2D eigenvalue weighted by molar-refractivity contribution is 5.25. The Bertz CT molecular complexity index is 416. The van der Waals surface area contributed by atoms with Crippen LogP contribution in [0.3, 0.4) is 0 Å². The van der Waals surface area contributed by atoms with Crippen LogP contribution in [0.1, 0.15) is 31.4 Å². The lowest BCUT2D eigenvalue weighted by atomic mass is 10.0. The molecule has 0 heterocycles. The first kappa shape index (κ1) is 17.0. The van der Waals surface area contributed by atoms with Crippen molar-refractivity contribution < 1.29 is 13.2 Å². The van der Waals surface area contributed by atoms with E-state index in [-0.39, 0.29) is 6.04 Å². The third-order valence-corrected chi connectivity index (χ3v) is 3.41. The summed E-state index contributed by atoms with van der Waals surface area (Å²) in [6, 6.07) is 5.59. The molecule has 0 radical (unpaired) electrons. The van der Waals surface area contributed by atoms with Crippen LogP contribution in [0.4, 0.5) is 13.2 Å². The lowest BCUT2D eigenvalue weighted by molar-refractivity contribution is -0.137. The van der Waals surface area contributed by atoms with Gasteiger partial charge in [0.1, 0.15) is 0 Å². The molecule has 0 spiro atoms. The quantitative estimate of drug-likeness (QED) is 0.868. The fourth-order valence-corrected chi connectivity index (χ4v) is 1.94. The monoisotopic (exact) mass is 288 g/mol. The van der Waals surface area contributed by atoms with Crippen LogP contribution in [-0.4, -0.2) is 24.5 Å². The third kappa shape index (κ3) is 5.51. The summed E-state index contributed by atoms with van der Waals surface area (Å²) in [7, 11) is 1.90. The van der Waals surface area contributed by atoms with Crippen LogP contribution in [0.2, 0.25) is 0 Å². The average Bonchev–Trinajstić information content (AvgIpc) is 2.35. The van der Waals surface area contributed by atoms with E-state index in [1.54, 1.807) is 6.07 Å². The number of hydrogen-bond acceptors (Lipinski definition) is 2. The van der Waals surface area contributed by atoms with Gasteiger partial charge in [0.05, 0.1) is 5.56 Å². The molecule has 0 aliphatic carbocycles. The van der Waals surface area contributed by atoms with E-state index in [0.717, 1.165) is 19.0 Å². The fraction of sp³-hybridized carbons (Fsp3) is 0.600. The van der Waals surface area contributed by atoms with E-state index in [4.69, 9.17) is 5.73 Å². The molecular weight excluding hydrogens is 265 g/mol. The Labute approximate surface area is 118 Å². The molecule has 5 heteroatoms. The van der Waals surface area contributed by atoms with E-state index in [0.29, 0.717) is 18.0 Å². The zero-order chi connectivity index (χ0) is 15.3. The Hall–Kier alpha value is -1.07. The van der Waals surface area contributed by atoms with Gasteiger partial charge in [-0.15, -0.1) is 0 Å². The van der Waals surface area contributed by atoms with Gasteiger partial charge in [0.15, 0.2) is 0 Å². The maximum Gasteiger partial charge on any atom is 0.416 e. The lowest BCUT2D eigenvalue weighted by Gasteiger charge is -2.21.